The zero-order valence-corrected chi connectivity index (χ0v) is 11.8. The molecule has 0 aromatic rings. The quantitative estimate of drug-likeness (QED) is 0.316. The van der Waals surface area contributed by atoms with Crippen LogP contribution in [0.3, 0.4) is 0 Å². The average Bonchev–Trinajstić information content (AvgIpc) is 2.35. The van der Waals surface area contributed by atoms with E-state index in [-0.39, 0.29) is 0 Å². The largest absolute Gasteiger partial charge is 0.393 e. The van der Waals surface area contributed by atoms with Crippen molar-refractivity contribution in [3.05, 3.63) is 0 Å². The lowest BCUT2D eigenvalue weighted by Crippen LogP contribution is -2.15. The minimum atomic E-state index is -0.428. The zero-order valence-electron chi connectivity index (χ0n) is 10.7. The van der Waals surface area contributed by atoms with E-state index >= 15 is 0 Å². The number of rotatable bonds is 14. The summed E-state index contributed by atoms with van der Waals surface area (Å²) in [5, 5.41) is 0. The van der Waals surface area contributed by atoms with Crippen molar-refractivity contribution >= 4 is 10.0 Å². The molecule has 0 aromatic carbocycles. The Labute approximate surface area is 106 Å². The summed E-state index contributed by atoms with van der Waals surface area (Å²) in [5.41, 5.74) is 0. The van der Waals surface area contributed by atoms with Crippen LogP contribution in [0.4, 0.5) is 0 Å². The molecule has 0 N–H and O–H groups in total. The predicted molar refractivity (Wildman–Crippen MR) is 64.4 cm³/mol. The van der Waals surface area contributed by atoms with E-state index in [1.807, 2.05) is 0 Å². The van der Waals surface area contributed by atoms with Crippen molar-refractivity contribution in [1.29, 1.82) is 0 Å². The minimum Gasteiger partial charge on any atom is -0.393 e. The topological polar surface area (TPSA) is 55.4 Å². The summed E-state index contributed by atoms with van der Waals surface area (Å²) in [7, 11) is 2.86. The Morgan fingerprint density at radius 3 is 1.41 bits per heavy atom. The van der Waals surface area contributed by atoms with Crippen LogP contribution in [-0.2, 0) is 27.8 Å². The molecular formula is C10H23O6Si. The van der Waals surface area contributed by atoms with Gasteiger partial charge >= 0.3 is 10.0 Å². The van der Waals surface area contributed by atoms with Crippen molar-refractivity contribution in [2.24, 2.45) is 0 Å². The van der Waals surface area contributed by atoms with Crippen LogP contribution in [-0.4, -0.2) is 77.1 Å². The van der Waals surface area contributed by atoms with E-state index in [1.165, 1.54) is 0 Å². The first-order valence-corrected chi connectivity index (χ1v) is 6.54. The summed E-state index contributed by atoms with van der Waals surface area (Å²) in [6.45, 7) is 4.69. The Morgan fingerprint density at radius 2 is 1.00 bits per heavy atom. The highest BCUT2D eigenvalue weighted by Crippen LogP contribution is 1.81. The number of hydrogen-bond acceptors (Lipinski definition) is 6. The Hall–Kier alpha value is -0.0231. The Morgan fingerprint density at radius 1 is 0.588 bits per heavy atom. The van der Waals surface area contributed by atoms with E-state index in [1.54, 1.807) is 14.2 Å². The van der Waals surface area contributed by atoms with Crippen molar-refractivity contribution in [3.63, 3.8) is 0 Å². The second kappa shape index (κ2) is 16.0. The molecule has 0 aliphatic rings. The summed E-state index contributed by atoms with van der Waals surface area (Å²) in [6, 6.07) is 0. The van der Waals surface area contributed by atoms with Gasteiger partial charge in [0.15, 0.2) is 0 Å². The maximum Gasteiger partial charge on any atom is 0.364 e. The SMILES string of the molecule is COCCOCCO[SiH]OCCOCCOC. The van der Waals surface area contributed by atoms with Gasteiger partial charge in [0.2, 0.25) is 0 Å². The van der Waals surface area contributed by atoms with E-state index in [4.69, 9.17) is 27.8 Å². The fraction of sp³-hybridized carbons (Fsp3) is 1.00. The first-order chi connectivity index (χ1) is 8.41. The maximum absolute atomic E-state index is 5.26. The van der Waals surface area contributed by atoms with Crippen molar-refractivity contribution in [2.75, 3.05) is 67.1 Å². The van der Waals surface area contributed by atoms with Crippen LogP contribution in [0.2, 0.25) is 0 Å². The Bertz CT molecular complexity index is 124. The van der Waals surface area contributed by atoms with Crippen LogP contribution in [0.1, 0.15) is 0 Å². The second-order valence-corrected chi connectivity index (χ2v) is 3.91. The van der Waals surface area contributed by atoms with Gasteiger partial charge in [-0.3, -0.25) is 0 Å². The summed E-state index contributed by atoms with van der Waals surface area (Å²) in [5.74, 6) is 0. The monoisotopic (exact) mass is 267 g/mol. The van der Waals surface area contributed by atoms with Crippen LogP contribution in [0.5, 0.6) is 0 Å². The molecule has 0 unspecified atom stereocenters. The molecule has 7 heteroatoms. The molecule has 0 bridgehead atoms. The molecule has 0 aromatic heterocycles. The molecule has 6 nitrogen and oxygen atoms in total. The zero-order chi connectivity index (χ0) is 12.6. The molecule has 0 saturated carbocycles. The Kier molecular flexibility index (Phi) is 16.0. The third-order valence-electron chi connectivity index (χ3n) is 1.69. The highest BCUT2D eigenvalue weighted by Gasteiger charge is 1.93. The van der Waals surface area contributed by atoms with Crippen LogP contribution in [0.25, 0.3) is 0 Å². The lowest BCUT2D eigenvalue weighted by molar-refractivity contribution is 0.0410. The molecule has 0 heterocycles. The summed E-state index contributed by atoms with van der Waals surface area (Å²) in [4.78, 5) is 0. The Balaban J connectivity index is 2.85. The van der Waals surface area contributed by atoms with Crippen LogP contribution >= 0.6 is 0 Å². The van der Waals surface area contributed by atoms with Crippen LogP contribution in [0, 0.1) is 0 Å². The van der Waals surface area contributed by atoms with Gasteiger partial charge in [0.25, 0.3) is 0 Å². The fourth-order valence-electron chi connectivity index (χ4n) is 0.847. The molecule has 0 amide bonds. The van der Waals surface area contributed by atoms with Gasteiger partial charge in [-0.05, 0) is 0 Å². The van der Waals surface area contributed by atoms with E-state index in [0.29, 0.717) is 52.9 Å². The maximum atomic E-state index is 5.26. The summed E-state index contributed by atoms with van der Waals surface area (Å²) < 4.78 is 30.6. The summed E-state index contributed by atoms with van der Waals surface area (Å²) in [6.07, 6.45) is 0. The molecule has 0 atom stereocenters. The van der Waals surface area contributed by atoms with Crippen LogP contribution < -0.4 is 0 Å². The molecule has 0 aliphatic heterocycles. The molecule has 0 aliphatic carbocycles. The van der Waals surface area contributed by atoms with Crippen LogP contribution in [0.15, 0.2) is 0 Å². The van der Waals surface area contributed by atoms with Gasteiger partial charge in [0.05, 0.1) is 52.9 Å². The van der Waals surface area contributed by atoms with Crippen molar-refractivity contribution in [3.8, 4) is 0 Å². The van der Waals surface area contributed by atoms with Crippen molar-refractivity contribution < 1.29 is 27.8 Å². The highest BCUT2D eigenvalue weighted by molar-refractivity contribution is 6.17. The molecule has 1 radical (unpaired) electrons. The summed E-state index contributed by atoms with van der Waals surface area (Å²) >= 11 is 0. The lowest BCUT2D eigenvalue weighted by atomic mass is 10.7. The molecule has 0 fully saturated rings. The van der Waals surface area contributed by atoms with Crippen molar-refractivity contribution in [1.82, 2.24) is 0 Å². The fourth-order valence-corrected chi connectivity index (χ4v) is 1.33. The van der Waals surface area contributed by atoms with Gasteiger partial charge in [-0.2, -0.15) is 0 Å². The number of ether oxygens (including phenoxy) is 4. The van der Waals surface area contributed by atoms with Gasteiger partial charge in [0.1, 0.15) is 0 Å². The lowest BCUT2D eigenvalue weighted by Gasteiger charge is -2.06. The van der Waals surface area contributed by atoms with Crippen molar-refractivity contribution in [2.45, 2.75) is 0 Å². The average molecular weight is 267 g/mol. The molecule has 0 rings (SSSR count). The van der Waals surface area contributed by atoms with E-state index in [9.17, 15) is 0 Å². The van der Waals surface area contributed by atoms with Gasteiger partial charge in [-0.1, -0.05) is 0 Å². The van der Waals surface area contributed by atoms with E-state index in [2.05, 4.69) is 0 Å². The van der Waals surface area contributed by atoms with Gasteiger partial charge < -0.3 is 27.8 Å². The third-order valence-corrected chi connectivity index (χ3v) is 2.43. The standard InChI is InChI=1S/C10H23O6Si/c1-11-3-5-13-7-9-15-17-16-10-8-14-6-4-12-2/h17H,3-10H2,1-2H3. The molecular weight excluding hydrogens is 244 g/mol. The first-order valence-electron chi connectivity index (χ1n) is 5.60. The highest BCUT2D eigenvalue weighted by atomic mass is 28.3. The minimum absolute atomic E-state index is 0.428. The van der Waals surface area contributed by atoms with E-state index in [0.717, 1.165) is 0 Å². The molecule has 0 saturated heterocycles. The first kappa shape index (κ1) is 17.0. The van der Waals surface area contributed by atoms with Gasteiger partial charge in [-0.15, -0.1) is 0 Å². The molecule has 17 heavy (non-hydrogen) atoms. The van der Waals surface area contributed by atoms with Gasteiger partial charge in [-0.25, -0.2) is 0 Å². The smallest absolute Gasteiger partial charge is 0.364 e. The van der Waals surface area contributed by atoms with Gasteiger partial charge in [0, 0.05) is 14.2 Å². The normalized spacial score (nSPS) is 10.9. The molecule has 103 valence electrons. The molecule has 0 spiro atoms. The third kappa shape index (κ3) is 16.0. The second-order valence-electron chi connectivity index (χ2n) is 3.05. The predicted octanol–water partition coefficient (Wildman–Crippen LogP) is -0.388. The van der Waals surface area contributed by atoms with E-state index < -0.39 is 10.0 Å². The number of methoxy groups -OCH3 is 2. The number of hydrogen-bond donors (Lipinski definition) is 0.